The highest BCUT2D eigenvalue weighted by Crippen LogP contribution is 2.29. The molecule has 4 aromatic rings. The van der Waals surface area contributed by atoms with Crippen LogP contribution < -0.4 is 21.3 Å². The number of hydrogen-bond donors (Lipinski definition) is 2. The molecule has 35 heavy (non-hydrogen) atoms. The fourth-order valence-electron chi connectivity index (χ4n) is 4.50. The summed E-state index contributed by atoms with van der Waals surface area (Å²) in [4.78, 5) is 25.3. The van der Waals surface area contributed by atoms with Crippen LogP contribution in [0.25, 0.3) is 11.8 Å². The lowest BCUT2D eigenvalue weighted by Crippen LogP contribution is -2.53. The van der Waals surface area contributed by atoms with Gasteiger partial charge in [-0.2, -0.15) is 0 Å². The summed E-state index contributed by atoms with van der Waals surface area (Å²) in [6.07, 6.45) is 5.76. The number of aliphatic hydroxyl groups excluding tert-OH is 1. The van der Waals surface area contributed by atoms with E-state index in [1.807, 2.05) is 35.9 Å². The number of nitrogens with zero attached hydrogens (tertiary/aromatic N) is 4. The minimum absolute atomic E-state index is 0. The largest absolute Gasteiger partial charge is 0.495 e. The molecule has 1 unspecified atom stereocenters. The highest BCUT2D eigenvalue weighted by molar-refractivity contribution is 5.58. The lowest BCUT2D eigenvalue weighted by atomic mass is 9.86. The third-order valence-electron chi connectivity index (χ3n) is 6.25. The van der Waals surface area contributed by atoms with Crippen LogP contribution in [-0.2, 0) is 5.54 Å². The number of fused-ring (bicyclic) bond motifs is 1. The molecule has 182 valence electrons. The van der Waals surface area contributed by atoms with Crippen molar-refractivity contribution in [2.24, 2.45) is 4.99 Å². The smallest absolute Gasteiger partial charge is 0.277 e. The maximum Gasteiger partial charge on any atom is 0.277 e. The Morgan fingerprint density at radius 3 is 2.69 bits per heavy atom. The van der Waals surface area contributed by atoms with E-state index in [0.29, 0.717) is 35.2 Å². The normalized spacial score (nSPS) is 17.4. The molecule has 0 bridgehead atoms. The molecule has 2 aromatic heterocycles. The van der Waals surface area contributed by atoms with Gasteiger partial charge in [-0.25, -0.2) is 9.37 Å². The first-order chi connectivity index (χ1) is 16.4. The van der Waals surface area contributed by atoms with Crippen LogP contribution in [-0.4, -0.2) is 44.5 Å². The highest BCUT2D eigenvalue weighted by atomic mass is 19.1. The standard InChI is InChI=1S/C25H24FN5O3.CH4/c1-16-13-30(15-28-16)21-8-3-17(12-22(21)34-2)11-20-23(33)31-24(29-20)27-10-9-25(31,14-32)18-4-6-19(26)7-5-18;/h3-8,11-13,15,32H,9-10,14H2,1-2H3,(H,27,29);1H4/b20-11-;. The van der Waals surface area contributed by atoms with Crippen molar-refractivity contribution in [3.8, 4) is 11.4 Å². The second-order valence-electron chi connectivity index (χ2n) is 8.33. The van der Waals surface area contributed by atoms with Gasteiger partial charge in [-0.1, -0.05) is 25.6 Å². The molecule has 0 aliphatic carbocycles. The van der Waals surface area contributed by atoms with Crippen LogP contribution in [0.1, 0.15) is 30.7 Å². The van der Waals surface area contributed by atoms with E-state index < -0.39 is 5.54 Å². The predicted molar refractivity (Wildman–Crippen MR) is 131 cm³/mol. The van der Waals surface area contributed by atoms with Gasteiger partial charge >= 0.3 is 0 Å². The molecule has 2 N–H and O–H groups in total. The number of ether oxygens (including phenoxy) is 1. The van der Waals surface area contributed by atoms with Crippen LogP contribution >= 0.6 is 0 Å². The molecule has 2 aromatic carbocycles. The Morgan fingerprint density at radius 1 is 1.26 bits per heavy atom. The van der Waals surface area contributed by atoms with Gasteiger partial charge in [0.1, 0.15) is 22.5 Å². The fourth-order valence-corrected chi connectivity index (χ4v) is 4.50. The van der Waals surface area contributed by atoms with Crippen LogP contribution in [0, 0.1) is 12.7 Å². The van der Waals surface area contributed by atoms with Gasteiger partial charge in [0, 0.05) is 12.7 Å². The zero-order valence-electron chi connectivity index (χ0n) is 18.8. The number of hydrogen-bond acceptors (Lipinski definition) is 5. The molecule has 0 fully saturated rings. The van der Waals surface area contributed by atoms with Crippen LogP contribution in [0.15, 0.2) is 64.8 Å². The van der Waals surface area contributed by atoms with E-state index in [-0.39, 0.29) is 25.4 Å². The van der Waals surface area contributed by atoms with Crippen molar-refractivity contribution < 1.29 is 14.2 Å². The van der Waals surface area contributed by atoms with E-state index in [9.17, 15) is 14.3 Å². The first-order valence-corrected chi connectivity index (χ1v) is 10.9. The topological polar surface area (TPSA) is 97.4 Å². The fraction of sp³-hybridized carbons (Fsp3) is 0.269. The molecule has 5 rings (SSSR count). The van der Waals surface area contributed by atoms with Crippen LogP contribution in [0.2, 0.25) is 0 Å². The van der Waals surface area contributed by atoms with Gasteiger partial charge in [0.05, 0.1) is 31.4 Å². The van der Waals surface area contributed by atoms with Gasteiger partial charge in [0.25, 0.3) is 5.56 Å². The minimum atomic E-state index is -1.02. The average Bonchev–Trinajstić information content (AvgIpc) is 3.42. The molecule has 1 aliphatic rings. The van der Waals surface area contributed by atoms with Gasteiger partial charge in [-0.05, 0) is 54.8 Å². The lowest BCUT2D eigenvalue weighted by Gasteiger charge is -2.34. The second kappa shape index (κ2) is 9.34. The SMILES string of the molecule is C.COc1cc(/C=c2\[nH]c3n(c2=O)C(CO)(c2ccc(F)cc2)CCN=3)ccc1-n1cnc(C)c1. The van der Waals surface area contributed by atoms with E-state index in [2.05, 4.69) is 15.0 Å². The Balaban J connectivity index is 0.00000289. The third kappa shape index (κ3) is 4.08. The molecular weight excluding hydrogens is 449 g/mol. The van der Waals surface area contributed by atoms with Crippen molar-refractivity contribution in [2.75, 3.05) is 20.3 Å². The van der Waals surface area contributed by atoms with Crippen molar-refractivity contribution in [2.45, 2.75) is 26.3 Å². The van der Waals surface area contributed by atoms with E-state index in [0.717, 1.165) is 16.9 Å². The molecular formula is C26H28FN5O3. The van der Waals surface area contributed by atoms with Crippen LogP contribution in [0.5, 0.6) is 5.75 Å². The molecule has 0 amide bonds. The van der Waals surface area contributed by atoms with Crippen molar-refractivity contribution >= 4 is 6.08 Å². The van der Waals surface area contributed by atoms with Crippen molar-refractivity contribution in [1.29, 1.82) is 0 Å². The van der Waals surface area contributed by atoms with Crippen molar-refractivity contribution in [1.82, 2.24) is 19.1 Å². The highest BCUT2D eigenvalue weighted by Gasteiger charge is 2.38. The van der Waals surface area contributed by atoms with E-state index in [1.165, 1.54) is 16.7 Å². The van der Waals surface area contributed by atoms with Crippen LogP contribution in [0.3, 0.4) is 0 Å². The summed E-state index contributed by atoms with van der Waals surface area (Å²) < 4.78 is 22.5. The number of H-pyrrole nitrogens is 1. The Labute approximate surface area is 201 Å². The van der Waals surface area contributed by atoms with Crippen molar-refractivity contribution in [3.05, 3.63) is 98.9 Å². The first kappa shape index (κ1) is 24.2. The van der Waals surface area contributed by atoms with E-state index >= 15 is 0 Å². The van der Waals surface area contributed by atoms with Crippen LogP contribution in [0.4, 0.5) is 4.39 Å². The van der Waals surface area contributed by atoms with E-state index in [4.69, 9.17) is 4.74 Å². The van der Waals surface area contributed by atoms with E-state index in [1.54, 1.807) is 31.6 Å². The number of aromatic amines is 1. The molecule has 0 radical (unpaired) electrons. The number of aryl methyl sites for hydroxylation is 1. The number of imidazole rings is 2. The summed E-state index contributed by atoms with van der Waals surface area (Å²) in [7, 11) is 1.59. The summed E-state index contributed by atoms with van der Waals surface area (Å²) in [5, 5.41) is 10.7. The summed E-state index contributed by atoms with van der Waals surface area (Å²) >= 11 is 0. The quantitative estimate of drug-likeness (QED) is 0.460. The molecule has 1 atom stereocenters. The lowest BCUT2D eigenvalue weighted by molar-refractivity contribution is 0.144. The number of rotatable bonds is 5. The average molecular weight is 478 g/mol. The molecule has 0 saturated carbocycles. The number of halogens is 1. The molecule has 0 spiro atoms. The number of nitrogens with one attached hydrogen (secondary N) is 1. The van der Waals surface area contributed by atoms with Crippen molar-refractivity contribution in [3.63, 3.8) is 0 Å². The zero-order chi connectivity index (χ0) is 23.9. The Morgan fingerprint density at radius 2 is 2.03 bits per heavy atom. The minimum Gasteiger partial charge on any atom is -0.495 e. The van der Waals surface area contributed by atoms with Gasteiger partial charge in [-0.3, -0.25) is 14.4 Å². The molecule has 3 heterocycles. The first-order valence-electron chi connectivity index (χ1n) is 10.9. The van der Waals surface area contributed by atoms with Gasteiger partial charge in [0.15, 0.2) is 0 Å². The summed E-state index contributed by atoms with van der Waals surface area (Å²) in [5.74, 6) is 0.250. The Hall–Kier alpha value is -3.98. The summed E-state index contributed by atoms with van der Waals surface area (Å²) in [5.41, 5.74) is 2.16. The summed E-state index contributed by atoms with van der Waals surface area (Å²) in [6.45, 7) is 2.02. The predicted octanol–water partition coefficient (Wildman–Crippen LogP) is 2.04. The monoisotopic (exact) mass is 477 g/mol. The maximum atomic E-state index is 13.5. The molecule has 1 aliphatic heterocycles. The number of benzene rings is 2. The third-order valence-corrected chi connectivity index (χ3v) is 6.25. The number of methoxy groups -OCH3 is 1. The molecule has 8 nitrogen and oxygen atoms in total. The molecule has 9 heteroatoms. The number of aromatic nitrogens is 4. The molecule has 0 saturated heterocycles. The second-order valence-corrected chi connectivity index (χ2v) is 8.33. The zero-order valence-corrected chi connectivity index (χ0v) is 18.8. The Kier molecular flexibility index (Phi) is 6.45. The Bertz CT molecular complexity index is 1530. The summed E-state index contributed by atoms with van der Waals surface area (Å²) in [6, 6.07) is 11.5. The van der Waals surface area contributed by atoms with Gasteiger partial charge in [0.2, 0.25) is 5.62 Å². The maximum absolute atomic E-state index is 13.5. The van der Waals surface area contributed by atoms with Gasteiger partial charge in [-0.15, -0.1) is 0 Å². The van der Waals surface area contributed by atoms with Gasteiger partial charge < -0.3 is 19.4 Å². The number of aliphatic hydroxyl groups is 1.